The molecule has 1 unspecified atom stereocenters. The Morgan fingerprint density at radius 3 is 0.932 bits per heavy atom. The van der Waals surface area contributed by atoms with Gasteiger partial charge in [0.2, 0.25) is 82.7 Å². The third-order valence-corrected chi connectivity index (χ3v) is 17.7. The summed E-state index contributed by atoms with van der Waals surface area (Å²) in [5, 5.41) is 78.8. The predicted octanol–water partition coefficient (Wildman–Crippen LogP) is 5.04. The number of nitrogens with zero attached hydrogens (tertiary/aromatic N) is 7. The maximum absolute atomic E-state index is 12.7. The molecule has 2 fully saturated rings. The number of likely N-dealkylation sites (tertiary alicyclic amines) is 1. The molecular formula is C70H125N13O20. The molecule has 0 bridgehead atoms. The van der Waals surface area contributed by atoms with Gasteiger partial charge in [-0.3, -0.25) is 103 Å². The molecule has 2 aliphatic rings. The number of rotatable bonds is 54. The van der Waals surface area contributed by atoms with Crippen molar-refractivity contribution in [3.63, 3.8) is 0 Å². The molecule has 1 saturated heterocycles. The Kier molecular flexibility index (Phi) is 50.9. The second-order valence-electron chi connectivity index (χ2n) is 27.5. The van der Waals surface area contributed by atoms with E-state index in [4.69, 9.17) is 0 Å². The highest BCUT2D eigenvalue weighted by atomic mass is 16.5. The van der Waals surface area contributed by atoms with Crippen molar-refractivity contribution < 1.29 is 98.4 Å². The highest BCUT2D eigenvalue weighted by molar-refractivity contribution is 6.03. The first kappa shape index (κ1) is 93.6. The quantitative estimate of drug-likeness (QED) is 0.0164. The summed E-state index contributed by atoms with van der Waals surface area (Å²) in [5.41, 5.74) is 0. The van der Waals surface area contributed by atoms with Gasteiger partial charge in [-0.15, -0.1) is 0 Å². The summed E-state index contributed by atoms with van der Waals surface area (Å²) in [4.78, 5) is 169. The van der Waals surface area contributed by atoms with Crippen molar-refractivity contribution in [2.75, 3.05) is 85.1 Å². The zero-order valence-corrected chi connectivity index (χ0v) is 62.2. The van der Waals surface area contributed by atoms with Crippen molar-refractivity contribution in [2.24, 2.45) is 29.6 Å². The summed E-state index contributed by atoms with van der Waals surface area (Å²) in [6.07, 6.45) is 14.4. The number of hydrogen-bond acceptors (Lipinski definition) is 20. The van der Waals surface area contributed by atoms with Crippen molar-refractivity contribution in [1.29, 1.82) is 0 Å². The minimum atomic E-state index is -0.567. The van der Waals surface area contributed by atoms with E-state index in [9.17, 15) is 98.4 Å². The van der Waals surface area contributed by atoms with E-state index in [1.165, 1.54) is 18.7 Å². The fraction of sp³-hybridized carbons (Fsp3) is 0.800. The minimum absolute atomic E-state index is 0.00806. The van der Waals surface area contributed by atoms with E-state index in [-0.39, 0.29) is 162 Å². The highest BCUT2D eigenvalue weighted by Gasteiger charge is 2.41. The van der Waals surface area contributed by atoms with Gasteiger partial charge in [-0.2, -0.15) is 0 Å². The standard InChI is InChI=1S/C40H69N7O11.C30H56N6O9/c1-29(2)33-27-38(53)44(40(33)55)28-31-13-15-32(16-14-31)39(54)43-23-9-6-12-26-47(58)37(52)20-18-35(50)42-22-8-5-11-25-46(57)36(51)19-17-34(49)41-21-7-4-10-24-45(56)30(3)48;1-24(2)23-28(40)33-19-9-6-12-22-36(45)30(42)16-14-27(39)32-18-8-5-11-21-35(44)29(41)15-13-26(38)31-17-7-4-10-20-34(43)25(3)37/h29,31-33,56-58H,4-28H2,1-3H3,(H,41,49)(H,42,50)(H,43,54);24,43-45H,4-23H2,1-3H3,(H,31,38)(H,32,39)(H,33,40). The Morgan fingerprint density at radius 1 is 0.379 bits per heavy atom. The molecule has 103 heavy (non-hydrogen) atoms. The summed E-state index contributed by atoms with van der Waals surface area (Å²) in [5.74, 6) is -4.07. The Balaban J connectivity index is 0.00000107. The number of amides is 14. The molecule has 0 spiro atoms. The van der Waals surface area contributed by atoms with Crippen LogP contribution in [0.1, 0.15) is 247 Å². The predicted molar refractivity (Wildman–Crippen MR) is 375 cm³/mol. The molecule has 0 aromatic rings. The van der Waals surface area contributed by atoms with Crippen LogP contribution in [0.25, 0.3) is 0 Å². The normalized spacial score (nSPS) is 14.8. The second kappa shape index (κ2) is 56.0. The van der Waals surface area contributed by atoms with Crippen molar-refractivity contribution in [1.82, 2.24) is 67.2 Å². The first-order valence-electron chi connectivity index (χ1n) is 37.3. The van der Waals surface area contributed by atoms with Crippen molar-refractivity contribution in [3.05, 3.63) is 0 Å². The molecule has 12 N–H and O–H groups in total. The van der Waals surface area contributed by atoms with E-state index in [0.717, 1.165) is 38.5 Å². The molecule has 1 saturated carbocycles. The molecule has 0 aromatic carbocycles. The number of carbonyl (C=O) groups is 14. The molecular weight excluding hydrogens is 1340 g/mol. The molecule has 0 radical (unpaired) electrons. The van der Waals surface area contributed by atoms with Crippen molar-refractivity contribution in [2.45, 2.75) is 247 Å². The van der Waals surface area contributed by atoms with Crippen LogP contribution in [0.4, 0.5) is 0 Å². The number of nitrogens with one attached hydrogen (secondary N) is 6. The van der Waals surface area contributed by atoms with Crippen LogP contribution in [0.5, 0.6) is 0 Å². The van der Waals surface area contributed by atoms with Gasteiger partial charge < -0.3 is 31.9 Å². The van der Waals surface area contributed by atoms with Gasteiger partial charge in [-0.05, 0) is 159 Å². The maximum Gasteiger partial charge on any atom is 0.246 e. The Labute approximate surface area is 607 Å². The van der Waals surface area contributed by atoms with Crippen LogP contribution in [0.15, 0.2) is 0 Å². The molecule has 1 aliphatic heterocycles. The Morgan fingerprint density at radius 2 is 0.660 bits per heavy atom. The van der Waals surface area contributed by atoms with E-state index in [0.29, 0.717) is 198 Å². The molecule has 590 valence electrons. The van der Waals surface area contributed by atoms with E-state index in [2.05, 4.69) is 31.9 Å². The minimum Gasteiger partial charge on any atom is -0.356 e. The van der Waals surface area contributed by atoms with E-state index >= 15 is 0 Å². The first-order valence-corrected chi connectivity index (χ1v) is 37.3. The lowest BCUT2D eigenvalue weighted by Gasteiger charge is -2.30. The van der Waals surface area contributed by atoms with E-state index in [1.807, 2.05) is 27.7 Å². The van der Waals surface area contributed by atoms with Gasteiger partial charge in [0.1, 0.15) is 0 Å². The largest absolute Gasteiger partial charge is 0.356 e. The third kappa shape index (κ3) is 46.1. The van der Waals surface area contributed by atoms with Gasteiger partial charge in [-0.25, -0.2) is 30.4 Å². The van der Waals surface area contributed by atoms with Crippen molar-refractivity contribution >= 4 is 82.7 Å². The van der Waals surface area contributed by atoms with Gasteiger partial charge in [0, 0.05) is 175 Å². The fourth-order valence-electron chi connectivity index (χ4n) is 11.2. The zero-order valence-electron chi connectivity index (χ0n) is 62.2. The summed E-state index contributed by atoms with van der Waals surface area (Å²) < 4.78 is 0. The fourth-order valence-corrected chi connectivity index (χ4v) is 11.2. The van der Waals surface area contributed by atoms with Crippen LogP contribution < -0.4 is 31.9 Å². The number of hydroxylamine groups is 12. The topological polar surface area (TPSA) is 455 Å². The number of hydrogen-bond donors (Lipinski definition) is 12. The van der Waals surface area contributed by atoms with Crippen LogP contribution in [-0.2, 0) is 67.1 Å². The van der Waals surface area contributed by atoms with Crippen LogP contribution in [-0.4, -0.2) is 234 Å². The summed E-state index contributed by atoms with van der Waals surface area (Å²) in [6, 6.07) is 0. The van der Waals surface area contributed by atoms with E-state index < -0.39 is 35.4 Å². The van der Waals surface area contributed by atoms with Crippen LogP contribution in [0.3, 0.4) is 0 Å². The molecule has 0 aromatic heterocycles. The summed E-state index contributed by atoms with van der Waals surface area (Å²) in [6.45, 7) is 14.4. The summed E-state index contributed by atoms with van der Waals surface area (Å²) >= 11 is 0. The van der Waals surface area contributed by atoms with Gasteiger partial charge in [0.25, 0.3) is 0 Å². The van der Waals surface area contributed by atoms with Gasteiger partial charge in [0.15, 0.2) is 0 Å². The van der Waals surface area contributed by atoms with Gasteiger partial charge >= 0.3 is 0 Å². The Hall–Kier alpha value is -7.46. The molecule has 1 aliphatic carbocycles. The first-order chi connectivity index (χ1) is 48.9. The van der Waals surface area contributed by atoms with Crippen molar-refractivity contribution in [3.8, 4) is 0 Å². The van der Waals surface area contributed by atoms with Crippen LogP contribution >= 0.6 is 0 Å². The molecule has 33 nitrogen and oxygen atoms in total. The average Bonchev–Trinajstić information content (AvgIpc) is 1.68. The second-order valence-corrected chi connectivity index (χ2v) is 27.5. The molecule has 14 amide bonds. The third-order valence-electron chi connectivity index (χ3n) is 17.7. The molecule has 1 atom stereocenters. The van der Waals surface area contributed by atoms with Gasteiger partial charge in [-0.1, -0.05) is 27.7 Å². The van der Waals surface area contributed by atoms with Crippen LogP contribution in [0.2, 0.25) is 0 Å². The monoisotopic (exact) mass is 1470 g/mol. The molecule has 2 rings (SSSR count). The Bertz CT molecular complexity index is 2590. The molecule has 1 heterocycles. The lowest BCUT2D eigenvalue weighted by Crippen LogP contribution is -2.39. The van der Waals surface area contributed by atoms with E-state index in [1.54, 1.807) is 0 Å². The average molecular weight is 1470 g/mol. The lowest BCUT2D eigenvalue weighted by atomic mass is 9.81. The maximum atomic E-state index is 12.7. The molecule has 33 heteroatoms. The van der Waals surface area contributed by atoms with Crippen LogP contribution in [0, 0.1) is 29.6 Å². The summed E-state index contributed by atoms with van der Waals surface area (Å²) in [7, 11) is 0. The number of unbranched alkanes of at least 4 members (excludes halogenated alkanes) is 12. The SMILES string of the molecule is CC(=O)N(O)CCCCCNC(=O)CCC(=O)N(O)CCCCCNC(=O)CCC(=O)N(O)CCCCCNC(=O)C1CCC(CN2C(=O)CC(C(C)C)C2=O)CC1.CC(=O)N(O)CCCCCNC(=O)CCC(=O)N(O)CCCCCNC(=O)CCC(=O)N(O)CCCCCNC(=O)CC(C)C. The number of carbonyl (C=O) groups excluding carboxylic acids is 14. The number of imide groups is 1. The zero-order chi connectivity index (χ0) is 77.1. The highest BCUT2D eigenvalue weighted by Crippen LogP contribution is 2.33. The smallest absolute Gasteiger partial charge is 0.246 e. The lowest BCUT2D eigenvalue weighted by molar-refractivity contribution is -0.166. The van der Waals surface area contributed by atoms with Gasteiger partial charge in [0.05, 0.1) is 0 Å².